The number of nitrogens with zero attached hydrogens (tertiary/aromatic N) is 3. The second-order valence-corrected chi connectivity index (χ2v) is 12.0. The standard InChI is InChI=1S/C26H23ClFN3O3S2/c27-22-9-4-10-23-24(22)29-26(35-23)31(16-18-6-2-1-3-7-18)25(32)19-8-5-15-30(17-19)36(33,34)21-13-11-20(28)12-14-21/h1-4,6-7,9-14,19H,5,8,15-17H2. The number of thiazole rings is 1. The van der Waals surface area contributed by atoms with E-state index in [-0.39, 0.29) is 17.3 Å². The Kier molecular flexibility index (Phi) is 7.07. The lowest BCUT2D eigenvalue weighted by Crippen LogP contribution is -2.46. The third kappa shape index (κ3) is 5.01. The van der Waals surface area contributed by atoms with Crippen molar-refractivity contribution >= 4 is 54.2 Å². The highest BCUT2D eigenvalue weighted by Gasteiger charge is 2.36. The van der Waals surface area contributed by atoms with Gasteiger partial charge >= 0.3 is 0 Å². The van der Waals surface area contributed by atoms with Crippen LogP contribution in [0.3, 0.4) is 0 Å². The van der Waals surface area contributed by atoms with Gasteiger partial charge in [0.05, 0.1) is 27.1 Å². The normalized spacial score (nSPS) is 16.8. The van der Waals surface area contributed by atoms with E-state index >= 15 is 0 Å². The van der Waals surface area contributed by atoms with Crippen molar-refractivity contribution < 1.29 is 17.6 Å². The number of piperidine rings is 1. The van der Waals surface area contributed by atoms with E-state index in [1.165, 1.54) is 27.8 Å². The highest BCUT2D eigenvalue weighted by Crippen LogP contribution is 2.35. The maximum absolute atomic E-state index is 13.9. The number of carbonyl (C=O) groups is 1. The third-order valence-electron chi connectivity index (χ3n) is 6.22. The van der Waals surface area contributed by atoms with Crippen LogP contribution >= 0.6 is 22.9 Å². The molecule has 5 rings (SSSR count). The van der Waals surface area contributed by atoms with E-state index in [0.717, 1.165) is 22.4 Å². The maximum Gasteiger partial charge on any atom is 0.243 e. The Balaban J connectivity index is 1.45. The van der Waals surface area contributed by atoms with Crippen LogP contribution < -0.4 is 4.90 Å². The molecule has 186 valence electrons. The first kappa shape index (κ1) is 24.8. The van der Waals surface area contributed by atoms with Crippen LogP contribution in [0.2, 0.25) is 5.02 Å². The van der Waals surface area contributed by atoms with Crippen LogP contribution in [-0.4, -0.2) is 36.7 Å². The van der Waals surface area contributed by atoms with Crippen molar-refractivity contribution in [3.8, 4) is 0 Å². The van der Waals surface area contributed by atoms with Crippen LogP contribution in [0.25, 0.3) is 10.2 Å². The minimum absolute atomic E-state index is 0.0129. The van der Waals surface area contributed by atoms with Gasteiger partial charge in [0.1, 0.15) is 11.3 Å². The summed E-state index contributed by atoms with van der Waals surface area (Å²) in [4.78, 5) is 20.2. The summed E-state index contributed by atoms with van der Waals surface area (Å²) in [5.41, 5.74) is 1.57. The second kappa shape index (κ2) is 10.3. The Morgan fingerprint density at radius 3 is 2.56 bits per heavy atom. The molecule has 4 aromatic rings. The summed E-state index contributed by atoms with van der Waals surface area (Å²) in [6, 6.07) is 19.9. The molecular formula is C26H23ClFN3O3S2. The predicted octanol–water partition coefficient (Wildman–Crippen LogP) is 5.72. The number of rotatable bonds is 6. The van der Waals surface area contributed by atoms with Gasteiger partial charge < -0.3 is 0 Å². The average Bonchev–Trinajstić information content (AvgIpc) is 3.33. The third-order valence-corrected chi connectivity index (χ3v) is 9.45. The first-order valence-electron chi connectivity index (χ1n) is 11.5. The summed E-state index contributed by atoms with van der Waals surface area (Å²) in [7, 11) is -3.86. The van der Waals surface area contributed by atoms with Crippen LogP contribution in [0, 0.1) is 11.7 Å². The van der Waals surface area contributed by atoms with Crippen LogP contribution in [0.5, 0.6) is 0 Å². The molecule has 0 saturated carbocycles. The zero-order valence-corrected chi connectivity index (χ0v) is 21.6. The SMILES string of the molecule is O=C(C1CCCN(S(=O)(=O)c2ccc(F)cc2)C1)N(Cc1ccccc1)c1nc2c(Cl)cccc2s1. The molecule has 0 spiro atoms. The number of hydrogen-bond donors (Lipinski definition) is 0. The smallest absolute Gasteiger partial charge is 0.243 e. The van der Waals surface area contributed by atoms with Gasteiger partial charge in [0.2, 0.25) is 15.9 Å². The molecule has 10 heteroatoms. The molecule has 0 aliphatic carbocycles. The van der Waals surface area contributed by atoms with Crippen molar-refractivity contribution in [2.24, 2.45) is 5.92 Å². The number of aromatic nitrogens is 1. The lowest BCUT2D eigenvalue weighted by molar-refractivity contribution is -0.123. The molecule has 3 aromatic carbocycles. The number of hydrogen-bond acceptors (Lipinski definition) is 5. The number of benzene rings is 3. The summed E-state index contributed by atoms with van der Waals surface area (Å²) < 4.78 is 41.9. The minimum Gasteiger partial charge on any atom is -0.283 e. The maximum atomic E-state index is 13.9. The lowest BCUT2D eigenvalue weighted by atomic mass is 9.98. The van der Waals surface area contributed by atoms with Crippen LogP contribution in [0.4, 0.5) is 9.52 Å². The molecule has 6 nitrogen and oxygen atoms in total. The fourth-order valence-corrected chi connectivity index (χ4v) is 7.16. The van der Waals surface area contributed by atoms with Gasteiger partial charge in [-0.1, -0.05) is 59.3 Å². The summed E-state index contributed by atoms with van der Waals surface area (Å²) >= 11 is 7.72. The molecule has 0 N–H and O–H groups in total. The zero-order chi connectivity index (χ0) is 25.3. The van der Waals surface area contributed by atoms with E-state index in [9.17, 15) is 17.6 Å². The molecule has 1 atom stereocenters. The van der Waals surface area contributed by atoms with Gasteiger partial charge in [-0.15, -0.1) is 0 Å². The number of amides is 1. The largest absolute Gasteiger partial charge is 0.283 e. The molecule has 1 amide bonds. The van der Waals surface area contributed by atoms with Gasteiger partial charge in [-0.05, 0) is 54.8 Å². The van der Waals surface area contributed by atoms with Gasteiger partial charge in [0.25, 0.3) is 0 Å². The van der Waals surface area contributed by atoms with E-state index in [4.69, 9.17) is 11.6 Å². The molecule has 1 aromatic heterocycles. The average molecular weight is 544 g/mol. The van der Waals surface area contributed by atoms with Crippen molar-refractivity contribution in [3.05, 3.63) is 89.2 Å². The van der Waals surface area contributed by atoms with Crippen molar-refractivity contribution in [1.82, 2.24) is 9.29 Å². The van der Waals surface area contributed by atoms with E-state index in [2.05, 4.69) is 4.98 Å². The summed E-state index contributed by atoms with van der Waals surface area (Å²) in [5, 5.41) is 1.03. The minimum atomic E-state index is -3.86. The number of fused-ring (bicyclic) bond motifs is 1. The van der Waals surface area contributed by atoms with Gasteiger partial charge in [0.15, 0.2) is 5.13 Å². The first-order chi connectivity index (χ1) is 17.3. The van der Waals surface area contributed by atoms with E-state index in [1.54, 1.807) is 11.0 Å². The Hall–Kier alpha value is -2.85. The molecule has 1 aliphatic heterocycles. The van der Waals surface area contributed by atoms with Crippen molar-refractivity contribution in [3.63, 3.8) is 0 Å². The quantitative estimate of drug-likeness (QED) is 0.312. The first-order valence-corrected chi connectivity index (χ1v) is 14.1. The molecule has 0 radical (unpaired) electrons. The van der Waals surface area contributed by atoms with Gasteiger partial charge in [-0.3, -0.25) is 9.69 Å². The summed E-state index contributed by atoms with van der Waals surface area (Å²) in [5.74, 6) is -1.23. The number of anilines is 1. The van der Waals surface area contributed by atoms with Crippen LogP contribution in [0.1, 0.15) is 18.4 Å². The summed E-state index contributed by atoms with van der Waals surface area (Å²) in [6.45, 7) is 0.659. The summed E-state index contributed by atoms with van der Waals surface area (Å²) in [6.07, 6.45) is 1.10. The Labute approximate surface area is 218 Å². The molecule has 1 fully saturated rings. The molecule has 1 aliphatic rings. The highest BCUT2D eigenvalue weighted by molar-refractivity contribution is 7.89. The molecule has 0 bridgehead atoms. The second-order valence-electron chi connectivity index (χ2n) is 8.65. The Morgan fingerprint density at radius 2 is 1.83 bits per heavy atom. The molecule has 1 unspecified atom stereocenters. The highest BCUT2D eigenvalue weighted by atomic mass is 35.5. The molecular weight excluding hydrogens is 521 g/mol. The molecule has 1 saturated heterocycles. The van der Waals surface area contributed by atoms with Crippen molar-refractivity contribution in [1.29, 1.82) is 0 Å². The predicted molar refractivity (Wildman–Crippen MR) is 140 cm³/mol. The van der Waals surface area contributed by atoms with E-state index < -0.39 is 21.8 Å². The van der Waals surface area contributed by atoms with Gasteiger partial charge in [-0.2, -0.15) is 4.31 Å². The Morgan fingerprint density at radius 1 is 1.08 bits per heavy atom. The number of sulfonamides is 1. The number of para-hydroxylation sites is 1. The van der Waals surface area contributed by atoms with Gasteiger partial charge in [0, 0.05) is 13.1 Å². The van der Waals surface area contributed by atoms with Gasteiger partial charge in [-0.25, -0.2) is 17.8 Å². The monoisotopic (exact) mass is 543 g/mol. The fourth-order valence-electron chi connectivity index (χ4n) is 4.36. The topological polar surface area (TPSA) is 70.6 Å². The van der Waals surface area contributed by atoms with Crippen LogP contribution in [-0.2, 0) is 21.4 Å². The zero-order valence-electron chi connectivity index (χ0n) is 19.2. The van der Waals surface area contributed by atoms with E-state index in [0.29, 0.717) is 41.6 Å². The Bertz CT molecular complexity index is 1490. The molecule has 2 heterocycles. The lowest BCUT2D eigenvalue weighted by Gasteiger charge is -2.33. The number of halogens is 2. The van der Waals surface area contributed by atoms with Crippen molar-refractivity contribution in [2.45, 2.75) is 24.3 Å². The van der Waals surface area contributed by atoms with E-state index in [1.807, 2.05) is 42.5 Å². The van der Waals surface area contributed by atoms with Crippen molar-refractivity contribution in [2.75, 3.05) is 18.0 Å². The fraction of sp³-hybridized carbons (Fsp3) is 0.231. The van der Waals surface area contributed by atoms with Crippen LogP contribution in [0.15, 0.2) is 77.7 Å². The number of carbonyl (C=O) groups excluding carboxylic acids is 1. The molecule has 36 heavy (non-hydrogen) atoms.